The van der Waals surface area contributed by atoms with Gasteiger partial charge in [-0.25, -0.2) is 0 Å². The van der Waals surface area contributed by atoms with Crippen molar-refractivity contribution in [1.82, 2.24) is 10.2 Å². The minimum absolute atomic E-state index is 0.0308. The van der Waals surface area contributed by atoms with E-state index in [0.717, 1.165) is 27.7 Å². The monoisotopic (exact) mass is 452 g/mol. The van der Waals surface area contributed by atoms with E-state index in [1.54, 1.807) is 11.8 Å². The molecule has 8 heteroatoms. The van der Waals surface area contributed by atoms with Gasteiger partial charge in [0.25, 0.3) is 0 Å². The van der Waals surface area contributed by atoms with Crippen LogP contribution >= 0.6 is 23.1 Å². The normalized spacial score (nSPS) is 13.7. The van der Waals surface area contributed by atoms with Gasteiger partial charge in [-0.3, -0.25) is 9.59 Å². The maximum Gasteiger partial charge on any atom is 0.223 e. The van der Waals surface area contributed by atoms with E-state index in [1.807, 2.05) is 37.3 Å². The molecule has 6 nitrogen and oxygen atoms in total. The molecule has 0 saturated carbocycles. The van der Waals surface area contributed by atoms with Gasteiger partial charge in [0.05, 0.1) is 5.25 Å². The second-order valence-electron chi connectivity index (χ2n) is 7.63. The first-order valence-corrected chi connectivity index (χ1v) is 11.8. The zero-order valence-electron chi connectivity index (χ0n) is 17.9. The maximum atomic E-state index is 13.0. The number of thioether (sulfide) groups is 1. The topological polar surface area (TPSA) is 75.2 Å². The summed E-state index contributed by atoms with van der Waals surface area (Å²) in [7, 11) is 0. The number of rotatable bonds is 6. The largest absolute Gasteiger partial charge is 0.330 e. The van der Waals surface area contributed by atoms with Crippen LogP contribution in [0.1, 0.15) is 40.9 Å². The fourth-order valence-electron chi connectivity index (χ4n) is 3.63. The van der Waals surface area contributed by atoms with Crippen molar-refractivity contribution in [3.8, 4) is 0 Å². The molecule has 1 aromatic heterocycles. The molecule has 0 fully saturated rings. The van der Waals surface area contributed by atoms with Gasteiger partial charge in [-0.05, 0) is 68.1 Å². The van der Waals surface area contributed by atoms with E-state index in [9.17, 15) is 9.59 Å². The molecule has 4 rings (SSSR count). The highest BCUT2D eigenvalue weighted by molar-refractivity contribution is 8.02. The Labute approximate surface area is 190 Å². The van der Waals surface area contributed by atoms with E-state index < -0.39 is 0 Å². The molecule has 1 amide bonds. The number of aryl methyl sites for hydroxylation is 1. The van der Waals surface area contributed by atoms with Crippen molar-refractivity contribution < 1.29 is 9.59 Å². The van der Waals surface area contributed by atoms with Crippen molar-refractivity contribution in [3.63, 3.8) is 0 Å². The molecule has 1 unspecified atom stereocenters. The number of aromatic nitrogens is 2. The molecule has 1 atom stereocenters. The van der Waals surface area contributed by atoms with Gasteiger partial charge in [0.1, 0.15) is 0 Å². The lowest BCUT2D eigenvalue weighted by Crippen LogP contribution is -2.25. The van der Waals surface area contributed by atoms with E-state index in [4.69, 9.17) is 0 Å². The number of carbonyl (C=O) groups excluding carboxylic acids is 2. The number of anilines is 3. The zero-order valence-corrected chi connectivity index (χ0v) is 19.6. The number of nitrogens with zero attached hydrogens (tertiary/aromatic N) is 3. The van der Waals surface area contributed by atoms with E-state index in [2.05, 4.69) is 35.4 Å². The van der Waals surface area contributed by atoms with E-state index in [0.29, 0.717) is 17.2 Å². The van der Waals surface area contributed by atoms with Crippen LogP contribution < -0.4 is 10.2 Å². The smallest absolute Gasteiger partial charge is 0.223 e. The summed E-state index contributed by atoms with van der Waals surface area (Å²) < 4.78 is 0.748. The van der Waals surface area contributed by atoms with Crippen LogP contribution in [0.15, 0.2) is 40.7 Å². The van der Waals surface area contributed by atoms with Gasteiger partial charge in [-0.2, -0.15) is 0 Å². The molecule has 3 aromatic rings. The Morgan fingerprint density at radius 1 is 1.19 bits per heavy atom. The van der Waals surface area contributed by atoms with Gasteiger partial charge in [0.2, 0.25) is 11.0 Å². The number of fused-ring (bicyclic) bond motifs is 1. The predicted octanol–water partition coefficient (Wildman–Crippen LogP) is 5.17. The van der Waals surface area contributed by atoms with Gasteiger partial charge >= 0.3 is 0 Å². The van der Waals surface area contributed by atoms with Crippen molar-refractivity contribution >= 4 is 51.3 Å². The highest BCUT2D eigenvalue weighted by atomic mass is 32.2. The number of benzene rings is 2. The van der Waals surface area contributed by atoms with Crippen molar-refractivity contribution in [2.24, 2.45) is 0 Å². The Balaban J connectivity index is 1.43. The summed E-state index contributed by atoms with van der Waals surface area (Å²) in [6.45, 7) is 8.28. The summed E-state index contributed by atoms with van der Waals surface area (Å²) in [6, 6.07) is 11.7. The maximum absolute atomic E-state index is 13.0. The SMILES string of the molecule is CC(=O)N1CCc2cc(C(=O)C(C)Sc3nnc(Nc4cccc(C)c4C)s3)ccc21. The van der Waals surface area contributed by atoms with Gasteiger partial charge < -0.3 is 10.2 Å². The van der Waals surface area contributed by atoms with Crippen LogP contribution in [-0.4, -0.2) is 33.7 Å². The third-order valence-electron chi connectivity index (χ3n) is 5.54. The molecule has 1 N–H and O–H groups in total. The summed E-state index contributed by atoms with van der Waals surface area (Å²) >= 11 is 2.85. The minimum atomic E-state index is -0.287. The molecule has 0 saturated heterocycles. The van der Waals surface area contributed by atoms with Gasteiger partial charge in [0, 0.05) is 30.4 Å². The van der Waals surface area contributed by atoms with Crippen LogP contribution in [0.5, 0.6) is 0 Å². The average molecular weight is 453 g/mol. The van der Waals surface area contributed by atoms with Crippen molar-refractivity contribution in [1.29, 1.82) is 0 Å². The molecular formula is C23H24N4O2S2. The first-order chi connectivity index (χ1) is 14.8. The summed E-state index contributed by atoms with van der Waals surface area (Å²) in [5.74, 6) is 0.0802. The molecule has 2 aromatic carbocycles. The van der Waals surface area contributed by atoms with Crippen LogP contribution in [0, 0.1) is 13.8 Å². The second kappa shape index (κ2) is 8.80. The molecule has 31 heavy (non-hydrogen) atoms. The number of ketones is 1. The number of Topliss-reactive ketones (excluding diaryl/α,β-unsaturated/α-hetero) is 1. The Hall–Kier alpha value is -2.71. The Morgan fingerprint density at radius 3 is 2.77 bits per heavy atom. The van der Waals surface area contributed by atoms with E-state index in [-0.39, 0.29) is 16.9 Å². The number of carbonyl (C=O) groups is 2. The standard InChI is InChI=1S/C23H24N4O2S2/c1-13-6-5-7-19(14(13)2)24-22-25-26-23(31-22)30-15(3)21(29)18-8-9-20-17(12-18)10-11-27(20)16(4)28/h5-9,12,15H,10-11H2,1-4H3,(H,24,25). The fourth-order valence-corrected chi connectivity index (χ4v) is 5.62. The van der Waals surface area contributed by atoms with E-state index in [1.165, 1.54) is 34.2 Å². The highest BCUT2D eigenvalue weighted by Crippen LogP contribution is 2.34. The Morgan fingerprint density at radius 2 is 2.00 bits per heavy atom. The van der Waals surface area contributed by atoms with Crippen molar-refractivity contribution in [2.75, 3.05) is 16.8 Å². The molecule has 1 aliphatic heterocycles. The molecule has 160 valence electrons. The van der Waals surface area contributed by atoms with E-state index >= 15 is 0 Å². The minimum Gasteiger partial charge on any atom is -0.330 e. The van der Waals surface area contributed by atoms with Gasteiger partial charge in [-0.1, -0.05) is 35.2 Å². The number of amides is 1. The Bertz CT molecular complexity index is 1160. The van der Waals surface area contributed by atoms with Gasteiger partial charge in [0.15, 0.2) is 10.1 Å². The summed E-state index contributed by atoms with van der Waals surface area (Å²) in [6.07, 6.45) is 0.779. The lowest BCUT2D eigenvalue weighted by Gasteiger charge is -2.15. The average Bonchev–Trinajstić information content (AvgIpc) is 3.37. The second-order valence-corrected chi connectivity index (χ2v) is 10.2. The number of hydrogen-bond donors (Lipinski definition) is 1. The predicted molar refractivity (Wildman–Crippen MR) is 127 cm³/mol. The first kappa shape index (κ1) is 21.5. The highest BCUT2D eigenvalue weighted by Gasteiger charge is 2.25. The molecule has 0 bridgehead atoms. The van der Waals surface area contributed by atoms with Crippen LogP contribution in [0.3, 0.4) is 0 Å². The molecule has 0 aliphatic carbocycles. The summed E-state index contributed by atoms with van der Waals surface area (Å²) in [5, 5.41) is 12.2. The number of hydrogen-bond acceptors (Lipinski definition) is 7. The Kier molecular flexibility index (Phi) is 6.11. The zero-order chi connectivity index (χ0) is 22.1. The van der Waals surface area contributed by atoms with Crippen molar-refractivity contribution in [2.45, 2.75) is 43.7 Å². The van der Waals surface area contributed by atoms with Crippen LogP contribution in [0.4, 0.5) is 16.5 Å². The molecule has 1 aliphatic rings. The van der Waals surface area contributed by atoms with Crippen LogP contribution in [0.25, 0.3) is 0 Å². The quantitative estimate of drug-likeness (QED) is 0.411. The fraction of sp³-hybridized carbons (Fsp3) is 0.304. The van der Waals surface area contributed by atoms with Crippen molar-refractivity contribution in [3.05, 3.63) is 58.7 Å². The lowest BCUT2D eigenvalue weighted by molar-refractivity contribution is -0.116. The molecule has 0 spiro atoms. The summed E-state index contributed by atoms with van der Waals surface area (Å²) in [4.78, 5) is 26.5. The number of nitrogens with one attached hydrogen (secondary N) is 1. The summed E-state index contributed by atoms with van der Waals surface area (Å²) in [5.41, 5.74) is 6.03. The lowest BCUT2D eigenvalue weighted by atomic mass is 10.0. The molecule has 0 radical (unpaired) electrons. The first-order valence-electron chi connectivity index (χ1n) is 10.1. The van der Waals surface area contributed by atoms with Gasteiger partial charge in [-0.15, -0.1) is 10.2 Å². The third-order valence-corrected chi connectivity index (χ3v) is 7.56. The molecular weight excluding hydrogens is 428 g/mol. The third kappa shape index (κ3) is 4.50. The molecule has 2 heterocycles. The van der Waals surface area contributed by atoms with Crippen LogP contribution in [0.2, 0.25) is 0 Å². The van der Waals surface area contributed by atoms with Crippen LogP contribution in [-0.2, 0) is 11.2 Å².